The quantitative estimate of drug-likeness (QED) is 0.263. The second kappa shape index (κ2) is 11.2. The summed E-state index contributed by atoms with van der Waals surface area (Å²) in [6.07, 6.45) is 3.18. The number of carboxylic acid groups (broad SMARTS) is 1. The normalized spacial score (nSPS) is 11.1. The van der Waals surface area contributed by atoms with E-state index in [1.807, 2.05) is 18.2 Å². The van der Waals surface area contributed by atoms with Crippen LogP contribution in [0.15, 0.2) is 71.6 Å². The molecule has 31 heavy (non-hydrogen) atoms. The molecule has 0 aliphatic carbocycles. The summed E-state index contributed by atoms with van der Waals surface area (Å²) < 4.78 is 18.9. The predicted molar refractivity (Wildman–Crippen MR) is 125 cm³/mol. The van der Waals surface area contributed by atoms with Gasteiger partial charge in [0.15, 0.2) is 0 Å². The van der Waals surface area contributed by atoms with Gasteiger partial charge in [0.25, 0.3) is 0 Å². The number of halogens is 3. The molecule has 0 unspecified atom stereocenters. The van der Waals surface area contributed by atoms with Gasteiger partial charge in [-0.05, 0) is 53.6 Å². The van der Waals surface area contributed by atoms with E-state index in [1.54, 1.807) is 30.3 Å². The minimum atomic E-state index is -1.04. The molecule has 3 aromatic rings. The first kappa shape index (κ1) is 23.2. The van der Waals surface area contributed by atoms with Crippen molar-refractivity contribution in [3.63, 3.8) is 0 Å². The van der Waals surface area contributed by atoms with Gasteiger partial charge in [-0.25, -0.2) is 9.18 Å². The number of aliphatic carboxylic acids is 1. The highest BCUT2D eigenvalue weighted by molar-refractivity contribution is 7.98. The van der Waals surface area contributed by atoms with Crippen LogP contribution in [0.3, 0.4) is 0 Å². The molecule has 0 fully saturated rings. The van der Waals surface area contributed by atoms with Crippen LogP contribution in [0.1, 0.15) is 16.7 Å². The van der Waals surface area contributed by atoms with Crippen molar-refractivity contribution in [3.05, 3.63) is 99.3 Å². The predicted octanol–water partition coefficient (Wildman–Crippen LogP) is 7.14. The molecular formula is C24H19Cl2FO3S. The number of benzene rings is 3. The summed E-state index contributed by atoms with van der Waals surface area (Å²) in [6, 6.07) is 17.2. The molecular weight excluding hydrogens is 458 g/mol. The van der Waals surface area contributed by atoms with E-state index in [4.69, 9.17) is 33.0 Å². The number of carboxylic acids is 1. The van der Waals surface area contributed by atoms with E-state index in [9.17, 15) is 9.18 Å². The fourth-order valence-electron chi connectivity index (χ4n) is 2.82. The van der Waals surface area contributed by atoms with Gasteiger partial charge in [-0.1, -0.05) is 47.5 Å². The lowest BCUT2D eigenvalue weighted by atomic mass is 10.1. The summed E-state index contributed by atoms with van der Waals surface area (Å²) >= 11 is 14.0. The molecule has 0 saturated heterocycles. The van der Waals surface area contributed by atoms with Gasteiger partial charge in [0.1, 0.15) is 11.6 Å². The third-order valence-corrected chi connectivity index (χ3v) is 6.40. The Kier molecular flexibility index (Phi) is 8.41. The Morgan fingerprint density at radius 3 is 2.39 bits per heavy atom. The number of ether oxygens (including phenoxy) is 1. The van der Waals surface area contributed by atoms with Crippen LogP contribution in [0.5, 0.6) is 5.75 Å². The average Bonchev–Trinajstić information content (AvgIpc) is 2.74. The van der Waals surface area contributed by atoms with Gasteiger partial charge in [-0.3, -0.25) is 0 Å². The van der Waals surface area contributed by atoms with Crippen molar-refractivity contribution in [2.75, 3.05) is 6.61 Å². The van der Waals surface area contributed by atoms with Crippen molar-refractivity contribution in [2.45, 2.75) is 17.1 Å². The zero-order valence-corrected chi connectivity index (χ0v) is 18.7. The van der Waals surface area contributed by atoms with E-state index in [-0.39, 0.29) is 5.82 Å². The lowest BCUT2D eigenvalue weighted by molar-refractivity contribution is -0.131. The lowest BCUT2D eigenvalue weighted by Crippen LogP contribution is -2.03. The minimum absolute atomic E-state index is 0.280. The van der Waals surface area contributed by atoms with E-state index in [0.29, 0.717) is 40.1 Å². The molecule has 0 amide bonds. The molecule has 0 atom stereocenters. The number of thioether (sulfide) groups is 1. The maximum atomic E-state index is 13.0. The molecule has 0 radical (unpaired) electrons. The number of hydrogen-bond donors (Lipinski definition) is 1. The minimum Gasteiger partial charge on any atom is -0.493 e. The van der Waals surface area contributed by atoms with Crippen LogP contribution in [0.2, 0.25) is 10.0 Å². The zero-order valence-electron chi connectivity index (χ0n) is 16.4. The summed E-state index contributed by atoms with van der Waals surface area (Å²) in [5, 5.41) is 10.2. The van der Waals surface area contributed by atoms with Crippen LogP contribution >= 0.6 is 35.0 Å². The van der Waals surface area contributed by atoms with Crippen LogP contribution in [0, 0.1) is 5.82 Å². The smallest absolute Gasteiger partial charge is 0.328 e. The van der Waals surface area contributed by atoms with Crippen molar-refractivity contribution in [1.29, 1.82) is 0 Å². The standard InChI is InChI=1S/C24H19Cl2FO3S/c25-20-2-1-3-21(26)24(20)31-15-17-6-10-22(18(14-17)7-11-23(28)29)30-13-12-16-4-8-19(27)9-5-16/h1-11,14H,12-13,15H2,(H,28,29)/b11-7+. The van der Waals surface area contributed by atoms with Crippen LogP contribution in [0.25, 0.3) is 6.08 Å². The van der Waals surface area contributed by atoms with Crippen LogP contribution < -0.4 is 4.74 Å². The van der Waals surface area contributed by atoms with Gasteiger partial charge in [-0.15, -0.1) is 11.8 Å². The second-order valence-electron chi connectivity index (χ2n) is 6.61. The van der Waals surface area contributed by atoms with E-state index in [0.717, 1.165) is 22.1 Å². The van der Waals surface area contributed by atoms with Crippen molar-refractivity contribution in [1.82, 2.24) is 0 Å². The first-order valence-electron chi connectivity index (χ1n) is 9.40. The summed E-state index contributed by atoms with van der Waals surface area (Å²) in [7, 11) is 0. The third kappa shape index (κ3) is 7.03. The molecule has 3 rings (SSSR count). The van der Waals surface area contributed by atoms with Crippen molar-refractivity contribution in [2.24, 2.45) is 0 Å². The molecule has 0 aromatic heterocycles. The third-order valence-electron chi connectivity index (χ3n) is 4.34. The Bertz CT molecular complexity index is 1060. The summed E-state index contributed by atoms with van der Waals surface area (Å²) in [5.41, 5.74) is 2.58. The largest absolute Gasteiger partial charge is 0.493 e. The molecule has 7 heteroatoms. The molecule has 3 nitrogen and oxygen atoms in total. The number of carbonyl (C=O) groups is 1. The van der Waals surface area contributed by atoms with E-state index < -0.39 is 5.97 Å². The Morgan fingerprint density at radius 1 is 1.03 bits per heavy atom. The summed E-state index contributed by atoms with van der Waals surface area (Å²) in [4.78, 5) is 11.8. The Hall–Kier alpha value is -2.47. The maximum absolute atomic E-state index is 13.0. The molecule has 0 aliphatic heterocycles. The molecule has 0 bridgehead atoms. The highest BCUT2D eigenvalue weighted by Crippen LogP contribution is 2.36. The summed E-state index contributed by atoms with van der Waals surface area (Å²) in [5.74, 6) is -0.144. The average molecular weight is 477 g/mol. The second-order valence-corrected chi connectivity index (χ2v) is 8.41. The topological polar surface area (TPSA) is 46.5 Å². The van der Waals surface area contributed by atoms with Crippen molar-refractivity contribution < 1.29 is 19.0 Å². The SMILES string of the molecule is O=C(O)/C=C/c1cc(CSc2c(Cl)cccc2Cl)ccc1OCCc1ccc(F)cc1. The van der Waals surface area contributed by atoms with Crippen LogP contribution in [-0.2, 0) is 17.0 Å². The van der Waals surface area contributed by atoms with Gasteiger partial charge < -0.3 is 9.84 Å². The Labute approximate surface area is 194 Å². The van der Waals surface area contributed by atoms with Gasteiger partial charge in [0.2, 0.25) is 0 Å². The molecule has 0 spiro atoms. The highest BCUT2D eigenvalue weighted by Gasteiger charge is 2.09. The van der Waals surface area contributed by atoms with Gasteiger partial charge in [0.05, 0.1) is 16.7 Å². The van der Waals surface area contributed by atoms with E-state index >= 15 is 0 Å². The first-order valence-corrected chi connectivity index (χ1v) is 11.1. The van der Waals surface area contributed by atoms with Crippen LogP contribution in [0.4, 0.5) is 4.39 Å². The summed E-state index contributed by atoms with van der Waals surface area (Å²) in [6.45, 7) is 0.378. The monoisotopic (exact) mass is 476 g/mol. The molecule has 3 aromatic carbocycles. The lowest BCUT2D eigenvalue weighted by Gasteiger charge is -2.12. The van der Waals surface area contributed by atoms with Crippen molar-refractivity contribution >= 4 is 47.0 Å². The molecule has 0 heterocycles. The van der Waals surface area contributed by atoms with E-state index in [2.05, 4.69) is 0 Å². The fourth-order valence-corrected chi connectivity index (χ4v) is 4.44. The number of hydrogen-bond acceptors (Lipinski definition) is 3. The zero-order chi connectivity index (χ0) is 22.2. The first-order chi connectivity index (χ1) is 14.9. The van der Waals surface area contributed by atoms with Crippen LogP contribution in [-0.4, -0.2) is 17.7 Å². The number of rotatable bonds is 9. The maximum Gasteiger partial charge on any atom is 0.328 e. The Balaban J connectivity index is 1.71. The van der Waals surface area contributed by atoms with Crippen molar-refractivity contribution in [3.8, 4) is 5.75 Å². The van der Waals surface area contributed by atoms with Gasteiger partial charge in [0, 0.05) is 28.7 Å². The fraction of sp³-hybridized carbons (Fsp3) is 0.125. The molecule has 0 aliphatic rings. The highest BCUT2D eigenvalue weighted by atomic mass is 35.5. The molecule has 1 N–H and O–H groups in total. The molecule has 160 valence electrons. The Morgan fingerprint density at radius 2 is 1.71 bits per heavy atom. The van der Waals surface area contributed by atoms with E-state index in [1.165, 1.54) is 30.0 Å². The van der Waals surface area contributed by atoms with Gasteiger partial charge >= 0.3 is 5.97 Å². The molecule has 0 saturated carbocycles. The van der Waals surface area contributed by atoms with Gasteiger partial charge in [-0.2, -0.15) is 0 Å².